The molecule has 2 aromatic rings. The fourth-order valence-electron chi connectivity index (χ4n) is 2.21. The van der Waals surface area contributed by atoms with E-state index in [9.17, 15) is 14.4 Å². The van der Waals surface area contributed by atoms with Crippen LogP contribution in [0.3, 0.4) is 0 Å². The second kappa shape index (κ2) is 10.7. The molecule has 0 saturated carbocycles. The van der Waals surface area contributed by atoms with E-state index in [0.717, 1.165) is 5.56 Å². The zero-order valence-corrected chi connectivity index (χ0v) is 15.6. The molecule has 2 amide bonds. The first-order valence-corrected chi connectivity index (χ1v) is 8.84. The summed E-state index contributed by atoms with van der Waals surface area (Å²) in [4.78, 5) is 35.4. The summed E-state index contributed by atoms with van der Waals surface area (Å²) < 4.78 is 0. The summed E-state index contributed by atoms with van der Waals surface area (Å²) in [5.41, 5.74) is 1.12. The highest BCUT2D eigenvalue weighted by atomic mass is 35.5. The molecule has 0 aliphatic rings. The van der Waals surface area contributed by atoms with Gasteiger partial charge in [0.2, 0.25) is 0 Å². The van der Waals surface area contributed by atoms with Crippen LogP contribution in [0.1, 0.15) is 22.3 Å². The van der Waals surface area contributed by atoms with Gasteiger partial charge in [0, 0.05) is 6.54 Å². The quantitative estimate of drug-likeness (QED) is 0.469. The first-order valence-electron chi connectivity index (χ1n) is 8.46. The maximum Gasteiger partial charge on any atom is 0.305 e. The van der Waals surface area contributed by atoms with Gasteiger partial charge in [0.1, 0.15) is 5.70 Å². The van der Waals surface area contributed by atoms with E-state index < -0.39 is 17.8 Å². The lowest BCUT2D eigenvalue weighted by Gasteiger charge is -2.10. The summed E-state index contributed by atoms with van der Waals surface area (Å²) in [6.07, 6.45) is 4.61. The highest BCUT2D eigenvalue weighted by molar-refractivity contribution is 6.34. The van der Waals surface area contributed by atoms with Gasteiger partial charge in [0.15, 0.2) is 0 Å². The maximum absolute atomic E-state index is 12.5. The van der Waals surface area contributed by atoms with E-state index in [0.29, 0.717) is 0 Å². The summed E-state index contributed by atoms with van der Waals surface area (Å²) in [5.74, 6) is -2.17. The first-order chi connectivity index (χ1) is 13.5. The molecule has 0 radical (unpaired) electrons. The number of benzene rings is 2. The Bertz CT molecular complexity index is 908. The fraction of sp³-hybridized carbons (Fsp3) is 0.0952. The molecule has 28 heavy (non-hydrogen) atoms. The molecule has 2 aromatic carbocycles. The van der Waals surface area contributed by atoms with Crippen molar-refractivity contribution in [1.29, 1.82) is 0 Å². The van der Waals surface area contributed by atoms with E-state index in [1.165, 1.54) is 12.1 Å². The normalized spacial score (nSPS) is 11.2. The van der Waals surface area contributed by atoms with E-state index in [1.807, 2.05) is 30.3 Å². The van der Waals surface area contributed by atoms with Gasteiger partial charge in [-0.15, -0.1) is 0 Å². The highest BCUT2D eigenvalue weighted by Gasteiger charge is 2.15. The minimum Gasteiger partial charge on any atom is -0.481 e. The van der Waals surface area contributed by atoms with Crippen molar-refractivity contribution >= 4 is 35.5 Å². The summed E-state index contributed by atoms with van der Waals surface area (Å²) >= 11 is 6.02. The lowest BCUT2D eigenvalue weighted by atomic mass is 10.2. The van der Waals surface area contributed by atoms with Gasteiger partial charge in [-0.2, -0.15) is 0 Å². The molecule has 7 heteroatoms. The molecule has 0 bridgehead atoms. The van der Waals surface area contributed by atoms with Gasteiger partial charge in [-0.05, 0) is 23.8 Å². The van der Waals surface area contributed by atoms with E-state index in [-0.39, 0.29) is 29.2 Å². The number of carboxylic acid groups (broad SMARTS) is 1. The zero-order valence-electron chi connectivity index (χ0n) is 14.9. The molecule has 0 fully saturated rings. The number of carbonyl (C=O) groups is 3. The second-order valence-corrected chi connectivity index (χ2v) is 6.09. The van der Waals surface area contributed by atoms with Gasteiger partial charge < -0.3 is 15.7 Å². The number of hydrogen-bond acceptors (Lipinski definition) is 3. The van der Waals surface area contributed by atoms with Crippen molar-refractivity contribution in [3.63, 3.8) is 0 Å². The molecule has 144 valence electrons. The van der Waals surface area contributed by atoms with Crippen LogP contribution in [0.25, 0.3) is 6.08 Å². The van der Waals surface area contributed by atoms with E-state index in [1.54, 1.807) is 30.4 Å². The summed E-state index contributed by atoms with van der Waals surface area (Å²) in [7, 11) is 0. The Hall–Kier alpha value is -3.38. The molecule has 0 aliphatic carbocycles. The SMILES string of the molecule is O=C(O)CCNC(=O)/C(=C/C=C/c1ccccc1)NC(=O)c1ccccc1Cl. The van der Waals surface area contributed by atoms with Gasteiger partial charge in [-0.3, -0.25) is 14.4 Å². The van der Waals surface area contributed by atoms with E-state index >= 15 is 0 Å². The van der Waals surface area contributed by atoms with Gasteiger partial charge in [-0.1, -0.05) is 66.2 Å². The molecule has 0 unspecified atom stereocenters. The molecule has 0 atom stereocenters. The predicted molar refractivity (Wildman–Crippen MR) is 108 cm³/mol. The third-order valence-corrected chi connectivity index (χ3v) is 3.92. The first kappa shape index (κ1) is 20.9. The van der Waals surface area contributed by atoms with Crippen LogP contribution >= 0.6 is 11.6 Å². The van der Waals surface area contributed by atoms with Crippen LogP contribution < -0.4 is 10.6 Å². The topological polar surface area (TPSA) is 95.5 Å². The van der Waals surface area contributed by atoms with Crippen molar-refractivity contribution in [3.05, 3.63) is 88.6 Å². The Morgan fingerprint density at radius 3 is 2.36 bits per heavy atom. The van der Waals surface area contributed by atoms with Crippen LogP contribution in [0.15, 0.2) is 72.4 Å². The Morgan fingerprint density at radius 2 is 1.68 bits per heavy atom. The summed E-state index contributed by atoms with van der Waals surface area (Å²) in [6, 6.07) is 15.9. The molecule has 0 heterocycles. The second-order valence-electron chi connectivity index (χ2n) is 5.68. The Labute approximate surface area is 167 Å². The average Bonchev–Trinajstić information content (AvgIpc) is 2.68. The number of carboxylic acids is 1. The number of rotatable bonds is 8. The van der Waals surface area contributed by atoms with Crippen LogP contribution in [0.5, 0.6) is 0 Å². The number of aliphatic carboxylic acids is 1. The van der Waals surface area contributed by atoms with Crippen LogP contribution in [-0.2, 0) is 9.59 Å². The Kier molecular flexibility index (Phi) is 7.99. The number of amides is 2. The molecule has 3 N–H and O–H groups in total. The third-order valence-electron chi connectivity index (χ3n) is 3.59. The van der Waals surface area contributed by atoms with Crippen molar-refractivity contribution in [3.8, 4) is 0 Å². The van der Waals surface area contributed by atoms with Gasteiger partial charge in [0.25, 0.3) is 11.8 Å². The van der Waals surface area contributed by atoms with Crippen molar-refractivity contribution in [2.24, 2.45) is 0 Å². The molecule has 0 spiro atoms. The average molecular weight is 399 g/mol. The maximum atomic E-state index is 12.5. The summed E-state index contributed by atoms with van der Waals surface area (Å²) in [5, 5.41) is 13.9. The van der Waals surface area contributed by atoms with Crippen LogP contribution in [0.4, 0.5) is 0 Å². The lowest BCUT2D eigenvalue weighted by Crippen LogP contribution is -2.35. The smallest absolute Gasteiger partial charge is 0.305 e. The fourth-order valence-corrected chi connectivity index (χ4v) is 2.43. The minimum atomic E-state index is -1.03. The van der Waals surface area contributed by atoms with E-state index in [2.05, 4.69) is 10.6 Å². The lowest BCUT2D eigenvalue weighted by molar-refractivity contribution is -0.136. The minimum absolute atomic E-state index is 0.0255. The molecule has 0 aliphatic heterocycles. The number of carbonyl (C=O) groups excluding carboxylic acids is 2. The number of nitrogens with one attached hydrogen (secondary N) is 2. The molecular weight excluding hydrogens is 380 g/mol. The highest BCUT2D eigenvalue weighted by Crippen LogP contribution is 2.15. The Balaban J connectivity index is 2.17. The van der Waals surface area contributed by atoms with Crippen LogP contribution in [0, 0.1) is 0 Å². The van der Waals surface area contributed by atoms with Crippen molar-refractivity contribution in [1.82, 2.24) is 10.6 Å². The number of halogens is 1. The monoisotopic (exact) mass is 398 g/mol. The van der Waals surface area contributed by atoms with E-state index in [4.69, 9.17) is 16.7 Å². The van der Waals surface area contributed by atoms with Gasteiger partial charge in [0.05, 0.1) is 17.0 Å². The molecule has 2 rings (SSSR count). The van der Waals surface area contributed by atoms with Gasteiger partial charge >= 0.3 is 5.97 Å². The van der Waals surface area contributed by atoms with Crippen LogP contribution in [-0.4, -0.2) is 29.4 Å². The summed E-state index contributed by atoms with van der Waals surface area (Å²) in [6.45, 7) is -0.0597. The number of hydrogen-bond donors (Lipinski definition) is 3. The number of allylic oxidation sites excluding steroid dienone is 2. The predicted octanol–water partition coefficient (Wildman–Crippen LogP) is 3.26. The van der Waals surface area contributed by atoms with Crippen LogP contribution in [0.2, 0.25) is 5.02 Å². The van der Waals surface area contributed by atoms with Gasteiger partial charge in [-0.25, -0.2) is 0 Å². The zero-order chi connectivity index (χ0) is 20.4. The molecule has 0 saturated heterocycles. The largest absolute Gasteiger partial charge is 0.481 e. The van der Waals surface area contributed by atoms with Crippen molar-refractivity contribution in [2.75, 3.05) is 6.54 Å². The third kappa shape index (κ3) is 6.74. The van der Waals surface area contributed by atoms with Crippen molar-refractivity contribution in [2.45, 2.75) is 6.42 Å². The molecule has 0 aromatic heterocycles. The molecule has 6 nitrogen and oxygen atoms in total. The molecular formula is C21H19ClN2O4. The van der Waals surface area contributed by atoms with Crippen molar-refractivity contribution < 1.29 is 19.5 Å². The standard InChI is InChI=1S/C21H19ClN2O4/c22-17-11-5-4-10-16(17)20(27)24-18(21(28)23-14-13-19(25)26)12-6-9-15-7-2-1-3-8-15/h1-12H,13-14H2,(H,23,28)(H,24,27)(H,25,26)/b9-6+,18-12-. The Morgan fingerprint density at radius 1 is 1.00 bits per heavy atom.